The van der Waals surface area contributed by atoms with Crippen molar-refractivity contribution in [2.45, 2.75) is 47.9 Å². The summed E-state index contributed by atoms with van der Waals surface area (Å²) >= 11 is 1.10. The number of aliphatic hydroxyl groups is 1. The van der Waals surface area contributed by atoms with Gasteiger partial charge in [0.15, 0.2) is 0 Å². The summed E-state index contributed by atoms with van der Waals surface area (Å²) < 4.78 is 79.6. The van der Waals surface area contributed by atoms with E-state index in [4.69, 9.17) is 0 Å². The molecule has 3 nitrogen and oxygen atoms in total. The fraction of sp³-hybridized carbons (Fsp3) is 0.381. The second kappa shape index (κ2) is 8.38. The number of carbonyl (C=O) groups excluding carboxylic acids is 1. The van der Waals surface area contributed by atoms with E-state index in [1.807, 2.05) is 6.92 Å². The summed E-state index contributed by atoms with van der Waals surface area (Å²) in [5, 5.41) is 9.50. The van der Waals surface area contributed by atoms with Gasteiger partial charge >= 0.3 is 12.4 Å². The van der Waals surface area contributed by atoms with E-state index < -0.39 is 23.5 Å². The smallest absolute Gasteiger partial charge is 0.369 e. The van der Waals surface area contributed by atoms with Crippen LogP contribution in [0.5, 0.6) is 0 Å². The van der Waals surface area contributed by atoms with Crippen LogP contribution >= 0.6 is 11.8 Å². The summed E-state index contributed by atoms with van der Waals surface area (Å²) in [5.74, 6) is -0.319. The molecule has 1 atom stereocenters. The van der Waals surface area contributed by atoms with Crippen molar-refractivity contribution in [2.24, 2.45) is 0 Å². The van der Waals surface area contributed by atoms with Gasteiger partial charge in [-0.05, 0) is 24.1 Å². The molecule has 0 aliphatic carbocycles. The zero-order chi connectivity index (χ0) is 23.0. The minimum Gasteiger partial charge on any atom is -0.369 e. The predicted molar refractivity (Wildman–Crippen MR) is 105 cm³/mol. The molecule has 1 aliphatic rings. The zero-order valence-corrected chi connectivity index (χ0v) is 17.1. The molecule has 0 saturated heterocycles. The van der Waals surface area contributed by atoms with Crippen LogP contribution < -0.4 is 4.90 Å². The quantitative estimate of drug-likeness (QED) is 0.613. The second-order valence-corrected chi connectivity index (χ2v) is 8.55. The first-order chi connectivity index (χ1) is 14.4. The Morgan fingerprint density at radius 1 is 1.06 bits per heavy atom. The van der Waals surface area contributed by atoms with Crippen LogP contribution in [0.15, 0.2) is 53.4 Å². The molecule has 2 aromatic rings. The van der Waals surface area contributed by atoms with Gasteiger partial charge in [0.25, 0.3) is 5.60 Å². The maximum absolute atomic E-state index is 13.3. The van der Waals surface area contributed by atoms with Crippen molar-refractivity contribution in [2.75, 3.05) is 11.4 Å². The topological polar surface area (TPSA) is 40.5 Å². The van der Waals surface area contributed by atoms with E-state index in [1.165, 1.54) is 4.90 Å². The number of benzene rings is 2. The zero-order valence-electron chi connectivity index (χ0n) is 16.3. The molecule has 3 rings (SSSR count). The molecule has 0 fully saturated rings. The van der Waals surface area contributed by atoms with Crippen LogP contribution in [0.3, 0.4) is 0 Å². The highest BCUT2D eigenvalue weighted by atomic mass is 32.2. The third-order valence-electron chi connectivity index (χ3n) is 5.12. The Labute approximate surface area is 179 Å². The van der Waals surface area contributed by atoms with Crippen LogP contribution in [0.4, 0.5) is 32.0 Å². The average Bonchev–Trinajstić information content (AvgIpc) is 2.70. The number of rotatable bonds is 4. The van der Waals surface area contributed by atoms with E-state index in [2.05, 4.69) is 0 Å². The first-order valence-corrected chi connectivity index (χ1v) is 10.3. The van der Waals surface area contributed by atoms with Gasteiger partial charge < -0.3 is 10.0 Å². The molecular formula is C21H19F6NO2S. The molecule has 1 amide bonds. The van der Waals surface area contributed by atoms with E-state index >= 15 is 0 Å². The van der Waals surface area contributed by atoms with Crippen LogP contribution in [0, 0.1) is 0 Å². The number of fused-ring (bicyclic) bond motifs is 1. The molecule has 1 heterocycles. The van der Waals surface area contributed by atoms with Gasteiger partial charge in [0.2, 0.25) is 5.91 Å². The summed E-state index contributed by atoms with van der Waals surface area (Å²) in [6, 6.07) is 11.1. The van der Waals surface area contributed by atoms with Gasteiger partial charge in [0, 0.05) is 22.3 Å². The van der Waals surface area contributed by atoms with Gasteiger partial charge in [0.05, 0.1) is 12.1 Å². The fourth-order valence-electron chi connectivity index (χ4n) is 3.38. The molecular weight excluding hydrogens is 444 g/mol. The fourth-order valence-corrected chi connectivity index (χ4v) is 4.62. The molecule has 0 saturated carbocycles. The van der Waals surface area contributed by atoms with Crippen LogP contribution in [0.25, 0.3) is 0 Å². The normalized spacial score (nSPS) is 17.4. The summed E-state index contributed by atoms with van der Waals surface area (Å²) in [5.41, 5.74) is -5.37. The van der Waals surface area contributed by atoms with Crippen LogP contribution in [-0.2, 0) is 16.8 Å². The molecule has 0 aromatic heterocycles. The molecule has 0 spiro atoms. The van der Waals surface area contributed by atoms with Crippen molar-refractivity contribution in [3.63, 3.8) is 0 Å². The van der Waals surface area contributed by atoms with Crippen molar-refractivity contribution < 1.29 is 36.2 Å². The SMILES string of the molecule is CC[C@H]1CN(C(=O)Cc2ccccc2)c2ccc(C(O)(C(F)(F)F)C(F)(F)F)cc2S1. The molecule has 0 bridgehead atoms. The predicted octanol–water partition coefficient (Wildman–Crippen LogP) is 5.46. The number of hydrogen-bond donors (Lipinski definition) is 1. The van der Waals surface area contributed by atoms with E-state index in [1.54, 1.807) is 30.3 Å². The Kier molecular flexibility index (Phi) is 6.35. The van der Waals surface area contributed by atoms with Crippen molar-refractivity contribution in [1.29, 1.82) is 0 Å². The molecule has 0 radical (unpaired) electrons. The summed E-state index contributed by atoms with van der Waals surface area (Å²) in [4.78, 5) is 14.4. The van der Waals surface area contributed by atoms with Gasteiger partial charge in [-0.3, -0.25) is 4.79 Å². The highest BCUT2D eigenvalue weighted by molar-refractivity contribution is 8.00. The molecule has 1 N–H and O–H groups in total. The van der Waals surface area contributed by atoms with E-state index in [0.29, 0.717) is 18.6 Å². The number of nitrogens with zero attached hydrogens (tertiary/aromatic N) is 1. The Morgan fingerprint density at radius 2 is 1.68 bits per heavy atom. The van der Waals surface area contributed by atoms with Crippen molar-refractivity contribution >= 4 is 23.4 Å². The number of thioether (sulfide) groups is 1. The monoisotopic (exact) mass is 463 g/mol. The maximum atomic E-state index is 13.3. The minimum atomic E-state index is -5.97. The lowest BCUT2D eigenvalue weighted by Crippen LogP contribution is -2.54. The van der Waals surface area contributed by atoms with Gasteiger partial charge in [-0.2, -0.15) is 26.3 Å². The minimum absolute atomic E-state index is 0.0399. The third kappa shape index (κ3) is 4.41. The molecule has 31 heavy (non-hydrogen) atoms. The lowest BCUT2D eigenvalue weighted by atomic mass is 9.92. The first kappa shape index (κ1) is 23.5. The van der Waals surface area contributed by atoms with E-state index in [0.717, 1.165) is 23.4 Å². The maximum Gasteiger partial charge on any atom is 0.430 e. The largest absolute Gasteiger partial charge is 0.430 e. The molecule has 168 valence electrons. The highest BCUT2D eigenvalue weighted by Crippen LogP contribution is 2.52. The van der Waals surface area contributed by atoms with Crippen molar-refractivity contribution in [3.05, 3.63) is 59.7 Å². The number of carbonyl (C=O) groups is 1. The van der Waals surface area contributed by atoms with Crippen LogP contribution in [0.1, 0.15) is 24.5 Å². The number of anilines is 1. The van der Waals surface area contributed by atoms with E-state index in [9.17, 15) is 36.2 Å². The summed E-state index contributed by atoms with van der Waals surface area (Å²) in [6.45, 7) is 2.09. The Balaban J connectivity index is 2.03. The van der Waals surface area contributed by atoms with Crippen molar-refractivity contribution in [1.82, 2.24) is 0 Å². The Hall–Kier alpha value is -2.20. The Bertz CT molecular complexity index is 931. The molecule has 1 aliphatic heterocycles. The standard InChI is InChI=1S/C21H19F6NO2S/c1-2-15-12-28(18(29)10-13-6-4-3-5-7-13)16-9-8-14(11-17(16)31-15)19(30,20(22,23)24)21(25,26)27/h3-9,11,15,30H,2,10,12H2,1H3/t15-/m0/s1. The van der Waals surface area contributed by atoms with Gasteiger partial charge in [-0.25, -0.2) is 0 Å². The Morgan fingerprint density at radius 3 is 2.23 bits per heavy atom. The summed E-state index contributed by atoms with van der Waals surface area (Å²) in [7, 11) is 0. The summed E-state index contributed by atoms with van der Waals surface area (Å²) in [6.07, 6.45) is -11.3. The molecule has 2 aromatic carbocycles. The number of amides is 1. The molecule has 0 unspecified atom stereocenters. The highest BCUT2D eigenvalue weighted by Gasteiger charge is 2.71. The van der Waals surface area contributed by atoms with Crippen LogP contribution in [-0.4, -0.2) is 35.2 Å². The third-order valence-corrected chi connectivity index (χ3v) is 6.52. The number of halogens is 6. The van der Waals surface area contributed by atoms with Gasteiger partial charge in [-0.1, -0.05) is 43.3 Å². The lowest BCUT2D eigenvalue weighted by molar-refractivity contribution is -0.376. The van der Waals surface area contributed by atoms with E-state index in [-0.39, 0.29) is 34.7 Å². The van der Waals surface area contributed by atoms with Gasteiger partial charge in [-0.15, -0.1) is 11.8 Å². The molecule has 10 heteroatoms. The lowest BCUT2D eigenvalue weighted by Gasteiger charge is -2.36. The first-order valence-electron chi connectivity index (χ1n) is 9.39. The average molecular weight is 463 g/mol. The number of hydrogen-bond acceptors (Lipinski definition) is 3. The number of alkyl halides is 6. The van der Waals surface area contributed by atoms with Gasteiger partial charge in [0.1, 0.15) is 0 Å². The van der Waals surface area contributed by atoms with Crippen LogP contribution in [0.2, 0.25) is 0 Å². The second-order valence-electron chi connectivity index (χ2n) is 7.20. The van der Waals surface area contributed by atoms with Crippen molar-refractivity contribution in [3.8, 4) is 0 Å².